The normalized spacial score (nSPS) is 12.5. The van der Waals surface area contributed by atoms with Crippen molar-refractivity contribution in [3.63, 3.8) is 0 Å². The van der Waals surface area contributed by atoms with Crippen LogP contribution in [0.5, 0.6) is 0 Å². The predicted octanol–water partition coefficient (Wildman–Crippen LogP) is 21.0. The van der Waals surface area contributed by atoms with Crippen LogP contribution in [0.25, 0.3) is 164 Å². The first-order chi connectivity index (χ1) is 36.3. The highest BCUT2D eigenvalue weighted by molar-refractivity contribution is 6.35. The van der Waals surface area contributed by atoms with Crippen LogP contribution in [-0.4, -0.2) is 0 Å². The molecule has 74 heavy (non-hydrogen) atoms. The van der Waals surface area contributed by atoms with Gasteiger partial charge in [0.25, 0.3) is 0 Å². The molecule has 0 heteroatoms. The van der Waals surface area contributed by atoms with Crippen molar-refractivity contribution in [2.45, 2.75) is 26.2 Å². The quantitative estimate of drug-likeness (QED) is 0.165. The fraction of sp³-hybridized carbons (Fsp3) is 0.0541. The lowest BCUT2D eigenvalue weighted by atomic mass is 9.79. The van der Waals surface area contributed by atoms with Crippen LogP contribution in [0.15, 0.2) is 237 Å². The predicted molar refractivity (Wildman–Crippen MR) is 318 cm³/mol. The number of hydrogen-bond donors (Lipinski definition) is 0. The van der Waals surface area contributed by atoms with Crippen molar-refractivity contribution in [1.82, 2.24) is 0 Å². The summed E-state index contributed by atoms with van der Waals surface area (Å²) in [5, 5.41) is 17.8. The first-order valence-electron chi connectivity index (χ1n) is 26.1. The molecule has 0 nitrogen and oxygen atoms in total. The molecule has 0 N–H and O–H groups in total. The fourth-order valence-corrected chi connectivity index (χ4v) is 13.4. The van der Waals surface area contributed by atoms with Gasteiger partial charge in [-0.25, -0.2) is 0 Å². The molecule has 0 aromatic heterocycles. The Morgan fingerprint density at radius 3 is 0.824 bits per heavy atom. The Balaban J connectivity index is 1.07. The van der Waals surface area contributed by atoms with Gasteiger partial charge >= 0.3 is 0 Å². The maximum atomic E-state index is 2.52. The Bertz CT molecular complexity index is 4670. The Morgan fingerprint density at radius 2 is 0.500 bits per heavy atom. The number of rotatable bonds is 4. The average molecular weight is 937 g/mol. The molecular formula is C74H48. The highest BCUT2D eigenvalue weighted by Crippen LogP contribution is 2.65. The van der Waals surface area contributed by atoms with Crippen molar-refractivity contribution in [2.75, 3.05) is 0 Å². The molecule has 14 aromatic rings. The monoisotopic (exact) mass is 936 g/mol. The van der Waals surface area contributed by atoms with Crippen LogP contribution in [0, 0.1) is 0 Å². The SMILES string of the molecule is CC(C)(C)c1ccc2c(-c3ccc4ccccc4c3)c3c(c(-c4ccc5ccccc5c4)c2c1)-c1ccc2c4c(ccc-3c14)-c1c-2c(-c2ccc3ccccc3c2)c2ccccc2c1-c1ccc2ccccc2c1. The van der Waals surface area contributed by atoms with E-state index in [0.29, 0.717) is 0 Å². The largest absolute Gasteiger partial charge is 0.0616 e. The van der Waals surface area contributed by atoms with Gasteiger partial charge in [-0.15, -0.1) is 0 Å². The van der Waals surface area contributed by atoms with Crippen molar-refractivity contribution in [2.24, 2.45) is 0 Å². The Morgan fingerprint density at radius 1 is 0.216 bits per heavy atom. The summed E-state index contributed by atoms with van der Waals surface area (Å²) in [7, 11) is 0. The van der Waals surface area contributed by atoms with Gasteiger partial charge in [0.15, 0.2) is 0 Å². The molecule has 0 aliphatic heterocycles. The molecule has 0 fully saturated rings. The molecule has 14 aromatic carbocycles. The van der Waals surface area contributed by atoms with Gasteiger partial charge in [-0.3, -0.25) is 0 Å². The molecule has 0 unspecified atom stereocenters. The van der Waals surface area contributed by atoms with Gasteiger partial charge in [0.1, 0.15) is 0 Å². The Hall–Kier alpha value is -9.10. The highest BCUT2D eigenvalue weighted by Gasteiger charge is 2.37. The summed E-state index contributed by atoms with van der Waals surface area (Å²) in [6.45, 7) is 7.03. The summed E-state index contributed by atoms with van der Waals surface area (Å²) in [6, 6.07) is 90.1. The van der Waals surface area contributed by atoms with Crippen LogP contribution in [0.4, 0.5) is 0 Å². The minimum absolute atomic E-state index is 0.0523. The van der Waals surface area contributed by atoms with E-state index in [4.69, 9.17) is 0 Å². The van der Waals surface area contributed by atoms with Crippen molar-refractivity contribution in [1.29, 1.82) is 0 Å². The lowest BCUT2D eigenvalue weighted by Gasteiger charge is -2.24. The molecule has 2 aliphatic rings. The van der Waals surface area contributed by atoms with Crippen LogP contribution in [0.2, 0.25) is 0 Å². The fourth-order valence-electron chi connectivity index (χ4n) is 13.4. The summed E-state index contributed by atoms with van der Waals surface area (Å²) in [5.41, 5.74) is 21.9. The van der Waals surface area contributed by atoms with Gasteiger partial charge < -0.3 is 0 Å². The number of fused-ring (bicyclic) bond motifs is 12. The van der Waals surface area contributed by atoms with E-state index in [1.807, 2.05) is 0 Å². The van der Waals surface area contributed by atoms with E-state index in [1.165, 1.54) is 170 Å². The molecule has 0 saturated heterocycles. The smallest absolute Gasteiger partial charge is 0.000740 e. The third-order valence-electron chi connectivity index (χ3n) is 16.8. The Kier molecular flexibility index (Phi) is 8.54. The maximum absolute atomic E-state index is 2.52. The topological polar surface area (TPSA) is 0 Å². The molecule has 344 valence electrons. The summed E-state index contributed by atoms with van der Waals surface area (Å²) in [6.07, 6.45) is 0. The molecule has 0 heterocycles. The molecule has 0 spiro atoms. The van der Waals surface area contributed by atoms with Gasteiger partial charge in [-0.2, -0.15) is 0 Å². The van der Waals surface area contributed by atoms with E-state index >= 15 is 0 Å². The van der Waals surface area contributed by atoms with Crippen LogP contribution in [0.1, 0.15) is 26.3 Å². The second-order valence-electron chi connectivity index (χ2n) is 21.9. The van der Waals surface area contributed by atoms with E-state index in [9.17, 15) is 0 Å². The van der Waals surface area contributed by atoms with Crippen LogP contribution < -0.4 is 0 Å². The van der Waals surface area contributed by atoms with E-state index in [0.717, 1.165) is 0 Å². The van der Waals surface area contributed by atoms with E-state index in [1.54, 1.807) is 0 Å². The van der Waals surface area contributed by atoms with Crippen LogP contribution >= 0.6 is 0 Å². The molecule has 0 bridgehead atoms. The standard InChI is InChI=1S/C74H48/c1-74(2,3)55-32-33-58-63(42-55)67(54-31-27-46-17-7-11-21-50(46)41-54)73-62-37-36-60-68-59(34-35-61(69(62)68)72(73)66(58)53-30-26-45-16-6-10-20-49(45)40-53)70-64(51-28-24-43-14-4-8-18-47(43)38-51)56-22-12-13-23-57(56)65(71(60)70)52-29-25-44-15-5-9-19-48(44)39-52/h4-42H,1-3H3. The molecule has 0 radical (unpaired) electrons. The average Bonchev–Trinajstić information content (AvgIpc) is 4.10. The van der Waals surface area contributed by atoms with Crippen LogP contribution in [0.3, 0.4) is 0 Å². The van der Waals surface area contributed by atoms with Gasteiger partial charge in [0, 0.05) is 0 Å². The van der Waals surface area contributed by atoms with Crippen molar-refractivity contribution < 1.29 is 0 Å². The van der Waals surface area contributed by atoms with Crippen molar-refractivity contribution in [3.8, 4) is 89.0 Å². The summed E-state index contributed by atoms with van der Waals surface area (Å²) >= 11 is 0. The van der Waals surface area contributed by atoms with Crippen molar-refractivity contribution in [3.05, 3.63) is 242 Å². The van der Waals surface area contributed by atoms with E-state index in [2.05, 4.69) is 257 Å². The number of benzene rings is 14. The zero-order valence-electron chi connectivity index (χ0n) is 41.5. The lowest BCUT2D eigenvalue weighted by molar-refractivity contribution is 0.591. The van der Waals surface area contributed by atoms with Gasteiger partial charge in [-0.1, -0.05) is 227 Å². The summed E-state index contributed by atoms with van der Waals surface area (Å²) in [4.78, 5) is 0. The lowest BCUT2D eigenvalue weighted by Crippen LogP contribution is -2.10. The third-order valence-corrected chi connectivity index (χ3v) is 16.8. The van der Waals surface area contributed by atoms with E-state index < -0.39 is 0 Å². The Labute approximate surface area is 430 Å². The highest BCUT2D eigenvalue weighted by atomic mass is 14.4. The molecule has 0 saturated carbocycles. The summed E-state index contributed by atoms with van der Waals surface area (Å²) in [5.74, 6) is 0. The van der Waals surface area contributed by atoms with E-state index in [-0.39, 0.29) is 5.41 Å². The second-order valence-corrected chi connectivity index (χ2v) is 21.9. The third kappa shape index (κ3) is 5.85. The zero-order valence-corrected chi connectivity index (χ0v) is 41.5. The number of hydrogen-bond acceptors (Lipinski definition) is 0. The maximum Gasteiger partial charge on any atom is -0.000740 e. The first kappa shape index (κ1) is 41.5. The van der Waals surface area contributed by atoms with Gasteiger partial charge in [-0.05, 0) is 206 Å². The summed E-state index contributed by atoms with van der Waals surface area (Å²) < 4.78 is 0. The minimum Gasteiger partial charge on any atom is -0.0616 e. The molecule has 2 aliphatic carbocycles. The second kappa shape index (κ2) is 15.2. The minimum atomic E-state index is -0.0523. The molecular weight excluding hydrogens is 889 g/mol. The first-order valence-corrected chi connectivity index (χ1v) is 26.1. The molecule has 16 rings (SSSR count). The van der Waals surface area contributed by atoms with Crippen molar-refractivity contribution >= 4 is 75.4 Å². The molecule has 0 amide bonds. The zero-order chi connectivity index (χ0) is 49.0. The molecule has 0 atom stereocenters. The van der Waals surface area contributed by atoms with Gasteiger partial charge in [0.2, 0.25) is 0 Å². The van der Waals surface area contributed by atoms with Gasteiger partial charge in [0.05, 0.1) is 0 Å². The van der Waals surface area contributed by atoms with Crippen LogP contribution in [-0.2, 0) is 5.41 Å².